The van der Waals surface area contributed by atoms with Crippen LogP contribution >= 0.6 is 22.7 Å². The van der Waals surface area contributed by atoms with E-state index in [1.807, 2.05) is 23.6 Å². The second kappa shape index (κ2) is 13.9. The van der Waals surface area contributed by atoms with Gasteiger partial charge in [0.25, 0.3) is 0 Å². The van der Waals surface area contributed by atoms with Gasteiger partial charge >= 0.3 is 17.9 Å². The standard InChI is InChI=1S/C23H23NO3S.C20H18N2O4S/c1-12(25)18-19(16-11-28-17-6-4-3-5-15(16)17)20(23(26)27-2)22(14-9-10-14)24-21(18)13-7-8-13;23-19(24)14-13(12-8-27-18-11(12)2-1-7-21-18)15(20(25)26)17(10-5-6-10)22-16(14)9-3-4-9/h3-6,11,13-14,19,24H,7-10H2,1-2H3;1-2,7-10,13,22H,3-6H2,(H,23,24)(H,25,26). The van der Waals surface area contributed by atoms with Crippen molar-refractivity contribution in [3.8, 4) is 0 Å². The van der Waals surface area contributed by atoms with Gasteiger partial charge in [0, 0.05) is 50.6 Å². The average molecular weight is 776 g/mol. The summed E-state index contributed by atoms with van der Waals surface area (Å²) in [4.78, 5) is 55.5. The summed E-state index contributed by atoms with van der Waals surface area (Å²) >= 11 is 3.09. The Morgan fingerprint density at radius 1 is 0.655 bits per heavy atom. The molecule has 4 fully saturated rings. The zero-order valence-electron chi connectivity index (χ0n) is 30.5. The lowest BCUT2D eigenvalue weighted by Crippen LogP contribution is -2.34. The van der Waals surface area contributed by atoms with Crippen LogP contribution in [0.5, 0.6) is 0 Å². The van der Waals surface area contributed by atoms with Gasteiger partial charge in [0.1, 0.15) is 4.83 Å². The number of nitrogens with zero attached hydrogens (tertiary/aromatic N) is 1. The third-order valence-corrected chi connectivity index (χ3v) is 13.5. The van der Waals surface area contributed by atoms with Crippen molar-refractivity contribution in [2.75, 3.05) is 7.11 Å². The highest BCUT2D eigenvalue weighted by Gasteiger charge is 2.47. The van der Waals surface area contributed by atoms with Gasteiger partial charge in [0.15, 0.2) is 5.78 Å². The molecule has 0 amide bonds. The number of Topliss-reactive ketones (excluding diaryl/α,β-unsaturated/α-hetero) is 1. The SMILES string of the molecule is COC(=O)C1=C(C2CC2)NC(C2CC2)=C(C(C)=O)C1c1csc2ccccc12.O=C(O)C1=C(C2CC2)NC(C2CC2)=C(C(=O)O)C1c1csc2ncccc12. The smallest absolute Gasteiger partial charge is 0.336 e. The molecule has 1 aromatic carbocycles. The van der Waals surface area contributed by atoms with Crippen molar-refractivity contribution < 1.29 is 34.1 Å². The number of esters is 1. The average Bonchev–Trinajstić information content (AvgIpc) is 3.97. The van der Waals surface area contributed by atoms with Crippen molar-refractivity contribution in [2.24, 2.45) is 23.7 Å². The highest BCUT2D eigenvalue weighted by molar-refractivity contribution is 7.17. The molecule has 3 aromatic heterocycles. The van der Waals surface area contributed by atoms with Gasteiger partial charge in [-0.1, -0.05) is 24.3 Å². The van der Waals surface area contributed by atoms with Crippen molar-refractivity contribution in [1.82, 2.24) is 15.6 Å². The van der Waals surface area contributed by atoms with E-state index in [1.165, 1.54) is 23.1 Å². The fourth-order valence-corrected chi connectivity index (χ4v) is 10.3. The molecule has 0 radical (unpaired) electrons. The maximum atomic E-state index is 13.0. The molecule has 5 heterocycles. The topological polar surface area (TPSA) is 155 Å². The number of hydrogen-bond acceptors (Lipinski definition) is 10. The van der Waals surface area contributed by atoms with Crippen molar-refractivity contribution in [3.05, 3.63) is 110 Å². The highest BCUT2D eigenvalue weighted by Crippen LogP contribution is 2.53. The van der Waals surface area contributed by atoms with E-state index in [0.29, 0.717) is 28.8 Å². The van der Waals surface area contributed by atoms with Crippen LogP contribution in [0.4, 0.5) is 0 Å². The largest absolute Gasteiger partial charge is 0.478 e. The Bertz CT molecular complexity index is 2390. The third kappa shape index (κ3) is 6.48. The van der Waals surface area contributed by atoms with E-state index < -0.39 is 17.9 Å². The lowest BCUT2D eigenvalue weighted by atomic mass is 9.77. The van der Waals surface area contributed by atoms with E-state index in [2.05, 4.69) is 33.1 Å². The number of thiophene rings is 2. The number of hydrogen-bond donors (Lipinski definition) is 4. The number of nitrogens with one attached hydrogen (secondary N) is 2. The van der Waals surface area contributed by atoms with E-state index in [-0.39, 0.29) is 40.7 Å². The number of carboxylic acids is 2. The first-order chi connectivity index (χ1) is 26.7. The predicted octanol–water partition coefficient (Wildman–Crippen LogP) is 8.16. The van der Waals surface area contributed by atoms with Crippen LogP contribution in [-0.2, 0) is 23.9 Å². The molecular weight excluding hydrogens is 735 g/mol. The Labute approximate surface area is 325 Å². The maximum absolute atomic E-state index is 13.0. The van der Waals surface area contributed by atoms with Crippen LogP contribution in [-0.4, -0.2) is 46.0 Å². The quantitative estimate of drug-likeness (QED) is 0.116. The summed E-state index contributed by atoms with van der Waals surface area (Å²) in [5.74, 6) is -2.38. The Kier molecular flexibility index (Phi) is 9.00. The van der Waals surface area contributed by atoms with Crippen molar-refractivity contribution in [2.45, 2.75) is 70.1 Å². The molecule has 0 saturated heterocycles. The number of aromatic nitrogens is 1. The number of benzene rings is 1. The number of allylic oxidation sites excluding steroid dienone is 5. The molecule has 12 heteroatoms. The predicted molar refractivity (Wildman–Crippen MR) is 210 cm³/mol. The first kappa shape index (κ1) is 35.6. The molecule has 4 N–H and O–H groups in total. The number of pyridine rings is 1. The summed E-state index contributed by atoms with van der Waals surface area (Å²) in [7, 11) is 1.43. The number of ketones is 1. The van der Waals surface area contributed by atoms with Gasteiger partial charge in [0.05, 0.1) is 29.7 Å². The van der Waals surface area contributed by atoms with Crippen LogP contribution in [0.25, 0.3) is 20.3 Å². The number of ether oxygens (including phenoxy) is 1. The second-order valence-corrected chi connectivity index (χ2v) is 17.2. The van der Waals surface area contributed by atoms with Crippen molar-refractivity contribution in [1.29, 1.82) is 0 Å². The van der Waals surface area contributed by atoms with Gasteiger partial charge in [-0.05, 0) is 121 Å². The van der Waals surface area contributed by atoms with Crippen LogP contribution in [0.3, 0.4) is 0 Å². The van der Waals surface area contributed by atoms with E-state index in [0.717, 1.165) is 95.1 Å². The molecule has 6 aliphatic rings. The minimum Gasteiger partial charge on any atom is -0.478 e. The van der Waals surface area contributed by atoms with Gasteiger partial charge in [0.2, 0.25) is 0 Å². The van der Waals surface area contributed by atoms with Gasteiger partial charge in [-0.25, -0.2) is 19.4 Å². The van der Waals surface area contributed by atoms with Crippen LogP contribution in [0, 0.1) is 23.7 Å². The molecule has 4 aromatic rings. The Balaban J connectivity index is 0.000000144. The number of rotatable bonds is 10. The number of aliphatic carboxylic acids is 2. The number of dihydropyridines is 2. The summed E-state index contributed by atoms with van der Waals surface area (Å²) in [5.41, 5.74) is 6.97. The molecule has 0 spiro atoms. The first-order valence-corrected chi connectivity index (χ1v) is 20.8. The van der Waals surface area contributed by atoms with Crippen LogP contribution in [0.15, 0.2) is 98.4 Å². The van der Waals surface area contributed by atoms with E-state index in [9.17, 15) is 29.4 Å². The van der Waals surface area contributed by atoms with Crippen LogP contribution in [0.1, 0.15) is 81.3 Å². The molecule has 55 heavy (non-hydrogen) atoms. The summed E-state index contributed by atoms with van der Waals surface area (Å²) in [6.07, 6.45) is 9.81. The number of carboxylic acid groups (broad SMARTS) is 2. The van der Waals surface area contributed by atoms with E-state index in [1.54, 1.807) is 30.5 Å². The Morgan fingerprint density at radius 3 is 1.65 bits per heavy atom. The minimum absolute atomic E-state index is 0.0333. The molecule has 10 rings (SSSR count). The number of carbonyl (C=O) groups excluding carboxylic acids is 2. The molecule has 4 aliphatic carbocycles. The third-order valence-electron chi connectivity index (χ3n) is 11.6. The number of methoxy groups -OCH3 is 1. The van der Waals surface area contributed by atoms with Gasteiger partial charge < -0.3 is 25.6 Å². The lowest BCUT2D eigenvalue weighted by molar-refractivity contribution is -0.137. The molecule has 1 unspecified atom stereocenters. The van der Waals surface area contributed by atoms with Crippen molar-refractivity contribution in [3.63, 3.8) is 0 Å². The zero-order chi connectivity index (χ0) is 38.1. The molecule has 1 atom stereocenters. The summed E-state index contributed by atoms with van der Waals surface area (Å²) in [6.45, 7) is 1.62. The molecule has 2 aliphatic heterocycles. The summed E-state index contributed by atoms with van der Waals surface area (Å²) in [6, 6.07) is 11.9. The van der Waals surface area contributed by atoms with Crippen LogP contribution in [0.2, 0.25) is 0 Å². The number of fused-ring (bicyclic) bond motifs is 2. The number of carbonyl (C=O) groups is 4. The highest BCUT2D eigenvalue weighted by atomic mass is 32.1. The summed E-state index contributed by atoms with van der Waals surface area (Å²) in [5, 5.41) is 32.8. The second-order valence-electron chi connectivity index (χ2n) is 15.4. The molecule has 0 bridgehead atoms. The normalized spacial score (nSPS) is 21.7. The first-order valence-electron chi connectivity index (χ1n) is 19.0. The maximum Gasteiger partial charge on any atom is 0.336 e. The lowest BCUT2D eigenvalue weighted by Gasteiger charge is -2.32. The van der Waals surface area contributed by atoms with Crippen LogP contribution < -0.4 is 10.6 Å². The molecule has 10 nitrogen and oxygen atoms in total. The van der Waals surface area contributed by atoms with Gasteiger partial charge in [-0.2, -0.15) is 0 Å². The zero-order valence-corrected chi connectivity index (χ0v) is 32.1. The fourth-order valence-electron chi connectivity index (χ4n) is 8.41. The molecule has 282 valence electrons. The minimum atomic E-state index is -1.05. The summed E-state index contributed by atoms with van der Waals surface area (Å²) < 4.78 is 6.38. The Hall–Kier alpha value is -5.07. The van der Waals surface area contributed by atoms with E-state index >= 15 is 0 Å². The molecular formula is C43H41N3O7S2. The fraction of sp³-hybridized carbons (Fsp3) is 0.372. The molecule has 4 saturated carbocycles. The monoisotopic (exact) mass is 775 g/mol. The van der Waals surface area contributed by atoms with Crippen molar-refractivity contribution >= 4 is 66.7 Å². The van der Waals surface area contributed by atoms with E-state index in [4.69, 9.17) is 4.74 Å². The Morgan fingerprint density at radius 2 is 1.13 bits per heavy atom. The van der Waals surface area contributed by atoms with Gasteiger partial charge in [-0.15, -0.1) is 22.7 Å². The van der Waals surface area contributed by atoms with Gasteiger partial charge in [-0.3, -0.25) is 4.79 Å².